The van der Waals surface area contributed by atoms with Gasteiger partial charge in [-0.2, -0.15) is 0 Å². The summed E-state index contributed by atoms with van der Waals surface area (Å²) < 4.78 is 0. The van der Waals surface area contributed by atoms with Gasteiger partial charge in [-0.25, -0.2) is 0 Å². The van der Waals surface area contributed by atoms with Crippen molar-refractivity contribution in [3.63, 3.8) is 0 Å². The zero-order valence-corrected chi connectivity index (χ0v) is 5.51. The second kappa shape index (κ2) is 4.59. The van der Waals surface area contributed by atoms with Crippen molar-refractivity contribution in [3.05, 3.63) is 0 Å². The van der Waals surface area contributed by atoms with Crippen LogP contribution >= 0.6 is 0 Å². The molecule has 0 rings (SSSR count). The minimum absolute atomic E-state index is 0.141. The molecule has 0 radical (unpaired) electrons. The van der Waals surface area contributed by atoms with E-state index in [1.54, 1.807) is 0 Å². The van der Waals surface area contributed by atoms with Crippen molar-refractivity contribution < 1.29 is 20.4 Å². The Balaban J connectivity index is 3.69. The molecule has 62 valence electrons. The van der Waals surface area contributed by atoms with E-state index in [2.05, 4.69) is 0 Å². The lowest BCUT2D eigenvalue weighted by Gasteiger charge is -2.19. The van der Waals surface area contributed by atoms with Crippen LogP contribution in [-0.4, -0.2) is 51.9 Å². The van der Waals surface area contributed by atoms with Gasteiger partial charge in [0.05, 0.1) is 12.7 Å². The van der Waals surface area contributed by atoms with Gasteiger partial charge in [0.25, 0.3) is 0 Å². The van der Waals surface area contributed by atoms with E-state index in [1.807, 2.05) is 0 Å². The molecule has 0 bridgehead atoms. The summed E-state index contributed by atoms with van der Waals surface area (Å²) in [7, 11) is 0. The summed E-state index contributed by atoms with van der Waals surface area (Å²) in [4.78, 5) is 0. The highest BCUT2D eigenvalue weighted by molar-refractivity contribution is 4.74. The molecule has 0 aromatic heterocycles. The molecule has 0 saturated carbocycles. The van der Waals surface area contributed by atoms with Crippen LogP contribution in [0.25, 0.3) is 0 Å². The predicted molar refractivity (Wildman–Crippen MR) is 34.2 cm³/mol. The molecular weight excluding hydrogens is 138 g/mol. The Morgan fingerprint density at radius 3 is 1.90 bits per heavy atom. The lowest BCUT2D eigenvalue weighted by atomic mass is 10.1. The number of nitrogens with two attached hydrogens (primary N) is 1. The first-order valence-electron chi connectivity index (χ1n) is 2.98. The van der Waals surface area contributed by atoms with E-state index >= 15 is 0 Å². The first-order chi connectivity index (χ1) is 4.63. The number of hydrogen-bond donors (Lipinski definition) is 5. The summed E-state index contributed by atoms with van der Waals surface area (Å²) in [5.74, 6) is 0. The van der Waals surface area contributed by atoms with E-state index in [-0.39, 0.29) is 6.54 Å². The SMILES string of the molecule is NC[C@@H](O)[C@@H](O)C(O)CO. The third kappa shape index (κ3) is 2.59. The molecule has 0 spiro atoms. The lowest BCUT2D eigenvalue weighted by Crippen LogP contribution is -2.43. The quantitative estimate of drug-likeness (QED) is 0.295. The average molecular weight is 151 g/mol. The smallest absolute Gasteiger partial charge is 0.109 e. The van der Waals surface area contributed by atoms with Gasteiger partial charge in [0.1, 0.15) is 12.2 Å². The van der Waals surface area contributed by atoms with Crippen LogP contribution in [0.3, 0.4) is 0 Å². The second-order valence-electron chi connectivity index (χ2n) is 2.04. The van der Waals surface area contributed by atoms with Gasteiger partial charge >= 0.3 is 0 Å². The Morgan fingerprint density at radius 1 is 1.10 bits per heavy atom. The maximum atomic E-state index is 8.85. The maximum absolute atomic E-state index is 8.85. The van der Waals surface area contributed by atoms with Gasteiger partial charge in [0, 0.05) is 6.54 Å². The molecule has 0 aromatic rings. The fourth-order valence-electron chi connectivity index (χ4n) is 0.504. The first kappa shape index (κ1) is 9.80. The van der Waals surface area contributed by atoms with E-state index in [4.69, 9.17) is 26.2 Å². The van der Waals surface area contributed by atoms with Crippen LogP contribution in [0.5, 0.6) is 0 Å². The molecule has 0 aliphatic rings. The molecule has 5 heteroatoms. The van der Waals surface area contributed by atoms with Gasteiger partial charge in [-0.05, 0) is 0 Å². The van der Waals surface area contributed by atoms with Gasteiger partial charge in [-0.15, -0.1) is 0 Å². The van der Waals surface area contributed by atoms with Crippen LogP contribution in [0.1, 0.15) is 0 Å². The van der Waals surface area contributed by atoms with Gasteiger partial charge in [-0.1, -0.05) is 0 Å². The standard InChI is InChI=1S/C5H13NO4/c6-1-3(8)5(10)4(9)2-7/h3-5,7-10H,1-2,6H2/t3-,4?,5-/m1/s1. The molecule has 0 aromatic carbocycles. The summed E-state index contributed by atoms with van der Waals surface area (Å²) in [5, 5.41) is 34.6. The lowest BCUT2D eigenvalue weighted by molar-refractivity contribution is -0.0727. The molecule has 3 atom stereocenters. The van der Waals surface area contributed by atoms with Gasteiger partial charge in [0.2, 0.25) is 0 Å². The molecule has 0 aliphatic heterocycles. The van der Waals surface area contributed by atoms with E-state index in [0.29, 0.717) is 0 Å². The van der Waals surface area contributed by atoms with Crippen LogP contribution < -0.4 is 5.73 Å². The Morgan fingerprint density at radius 2 is 1.60 bits per heavy atom. The van der Waals surface area contributed by atoms with Gasteiger partial charge < -0.3 is 26.2 Å². The van der Waals surface area contributed by atoms with Crippen molar-refractivity contribution in [2.24, 2.45) is 5.73 Å². The summed E-state index contributed by atoms with van der Waals surface area (Å²) >= 11 is 0. The molecule has 0 heterocycles. The number of hydrogen-bond acceptors (Lipinski definition) is 5. The van der Waals surface area contributed by atoms with E-state index in [9.17, 15) is 0 Å². The molecule has 10 heavy (non-hydrogen) atoms. The fraction of sp³-hybridized carbons (Fsp3) is 1.00. The summed E-state index contributed by atoms with van der Waals surface area (Å²) in [6.07, 6.45) is -3.87. The van der Waals surface area contributed by atoms with Gasteiger partial charge in [0.15, 0.2) is 0 Å². The fourth-order valence-corrected chi connectivity index (χ4v) is 0.504. The van der Waals surface area contributed by atoms with Crippen LogP contribution in [-0.2, 0) is 0 Å². The van der Waals surface area contributed by atoms with Crippen LogP contribution in [0, 0.1) is 0 Å². The molecule has 0 saturated heterocycles. The number of aliphatic hydroxyl groups excluding tert-OH is 4. The molecule has 6 N–H and O–H groups in total. The highest BCUT2D eigenvalue weighted by atomic mass is 16.4. The number of aliphatic hydroxyl groups is 4. The molecule has 0 fully saturated rings. The minimum atomic E-state index is -1.37. The van der Waals surface area contributed by atoms with Crippen LogP contribution in [0.2, 0.25) is 0 Å². The molecule has 5 nitrogen and oxygen atoms in total. The van der Waals surface area contributed by atoms with Crippen molar-refractivity contribution in [1.29, 1.82) is 0 Å². The second-order valence-corrected chi connectivity index (χ2v) is 2.04. The van der Waals surface area contributed by atoms with Crippen LogP contribution in [0.4, 0.5) is 0 Å². The van der Waals surface area contributed by atoms with E-state index in [0.717, 1.165) is 0 Å². The predicted octanol–water partition coefficient (Wildman–Crippen LogP) is -2.98. The zero-order valence-electron chi connectivity index (χ0n) is 5.51. The van der Waals surface area contributed by atoms with E-state index < -0.39 is 24.9 Å². The Labute approximate surface area is 58.7 Å². The van der Waals surface area contributed by atoms with Gasteiger partial charge in [-0.3, -0.25) is 0 Å². The summed E-state index contributed by atoms with van der Waals surface area (Å²) in [6.45, 7) is -0.726. The third-order valence-electron chi connectivity index (χ3n) is 1.22. The first-order valence-corrected chi connectivity index (χ1v) is 2.98. The number of rotatable bonds is 4. The highest BCUT2D eigenvalue weighted by Gasteiger charge is 2.22. The van der Waals surface area contributed by atoms with Crippen molar-refractivity contribution >= 4 is 0 Å². The van der Waals surface area contributed by atoms with Crippen molar-refractivity contribution in [2.45, 2.75) is 18.3 Å². The third-order valence-corrected chi connectivity index (χ3v) is 1.22. The molecule has 0 amide bonds. The monoisotopic (exact) mass is 151 g/mol. The normalized spacial score (nSPS) is 20.1. The summed E-state index contributed by atoms with van der Waals surface area (Å²) in [6, 6.07) is 0. The highest BCUT2D eigenvalue weighted by Crippen LogP contribution is 1.97. The van der Waals surface area contributed by atoms with Crippen molar-refractivity contribution in [2.75, 3.05) is 13.2 Å². The molecule has 0 aliphatic carbocycles. The molecular formula is C5H13NO4. The zero-order chi connectivity index (χ0) is 8.15. The van der Waals surface area contributed by atoms with Crippen molar-refractivity contribution in [1.82, 2.24) is 0 Å². The largest absolute Gasteiger partial charge is 0.394 e. The maximum Gasteiger partial charge on any atom is 0.109 e. The summed E-state index contributed by atoms with van der Waals surface area (Å²) in [5.41, 5.74) is 4.96. The Hall–Kier alpha value is -0.200. The van der Waals surface area contributed by atoms with E-state index in [1.165, 1.54) is 0 Å². The minimum Gasteiger partial charge on any atom is -0.394 e. The average Bonchev–Trinajstić information content (AvgIpc) is 2.00. The molecule has 1 unspecified atom stereocenters. The topological polar surface area (TPSA) is 107 Å². The van der Waals surface area contributed by atoms with Crippen LogP contribution in [0.15, 0.2) is 0 Å². The Bertz CT molecular complexity index is 79.7. The van der Waals surface area contributed by atoms with Crippen molar-refractivity contribution in [3.8, 4) is 0 Å². The Kier molecular flexibility index (Phi) is 4.50.